The lowest BCUT2D eigenvalue weighted by molar-refractivity contribution is 1.59. The van der Waals surface area contributed by atoms with Gasteiger partial charge < -0.3 is 0 Å². The summed E-state index contributed by atoms with van der Waals surface area (Å²) < 4.78 is 0. The van der Waals surface area contributed by atoms with E-state index in [-0.39, 0.29) is 1.43 Å². The van der Waals surface area contributed by atoms with E-state index in [0.29, 0.717) is 0 Å². The molecule has 1 aliphatic rings. The Morgan fingerprint density at radius 2 is 0.554 bits per heavy atom. The van der Waals surface area contributed by atoms with Gasteiger partial charge in [0, 0.05) is 1.43 Å². The molecule has 0 atom stereocenters. The third-order valence-corrected chi connectivity index (χ3v) is 17.4. The van der Waals surface area contributed by atoms with Crippen molar-refractivity contribution in [2.45, 2.75) is 0 Å². The number of hydrogen-bond acceptors (Lipinski definition) is 0. The van der Waals surface area contributed by atoms with Crippen LogP contribution in [0.3, 0.4) is 0 Å². The zero-order valence-electron chi connectivity index (χ0n) is 40.1. The summed E-state index contributed by atoms with van der Waals surface area (Å²) in [6.07, 6.45) is 0. The molecular weight excluding hydrogens is 889 g/mol. The van der Waals surface area contributed by atoms with Gasteiger partial charge in [-0.05, 0) is 197 Å². The Morgan fingerprint density at radius 3 is 1.22 bits per heavy atom. The van der Waals surface area contributed by atoms with Crippen LogP contribution in [0.4, 0.5) is 0 Å². The normalized spacial score (nSPS) is 12.6. The van der Waals surface area contributed by atoms with E-state index in [1.165, 1.54) is 185 Å². The van der Waals surface area contributed by atoms with Crippen LogP contribution in [0.25, 0.3) is 185 Å². The van der Waals surface area contributed by atoms with Crippen molar-refractivity contribution in [1.29, 1.82) is 0 Å². The summed E-state index contributed by atoms with van der Waals surface area (Å²) in [7, 11) is 0. The van der Waals surface area contributed by atoms with E-state index in [1.807, 2.05) is 0 Å². The molecule has 0 radical (unpaired) electrons. The Morgan fingerprint density at radius 1 is 0.162 bits per heavy atom. The highest BCUT2D eigenvalue weighted by Gasteiger charge is 2.34. The van der Waals surface area contributed by atoms with Crippen LogP contribution >= 0.6 is 0 Å². The van der Waals surface area contributed by atoms with Gasteiger partial charge in [-0.3, -0.25) is 0 Å². The minimum absolute atomic E-state index is 0. The summed E-state index contributed by atoms with van der Waals surface area (Å²) in [5.41, 5.74) is 15.4. The lowest BCUT2D eigenvalue weighted by atomic mass is 9.80. The van der Waals surface area contributed by atoms with Crippen LogP contribution in [0, 0.1) is 0 Å². The SMILES string of the molecule is [2HH].c1ccc(-c2ccccc2-c2c3c(c(-c4ccccc4)c4cc5ccccc5cc24)-c2ccc4c5ccc6c7c(-c8ccccc8)c8cccc9c%10ccccc%10c(c89)c7c7ccc(c8ccc-3c2c48)c5c67)cc1. The first-order chi connectivity index (χ1) is 36.8. The fourth-order valence-corrected chi connectivity index (χ4v) is 14.6. The Balaban J connectivity index is 0.00000460. The zero-order valence-corrected chi connectivity index (χ0v) is 40.1. The van der Waals surface area contributed by atoms with E-state index in [9.17, 15) is 0 Å². The molecule has 0 amide bonds. The monoisotopic (exact) mass is 931 g/mol. The minimum Gasteiger partial charge on any atom is -0.0622 e. The first-order valence-corrected chi connectivity index (χ1v) is 26.0. The van der Waals surface area contributed by atoms with Crippen molar-refractivity contribution >= 4 is 118 Å². The van der Waals surface area contributed by atoms with Crippen LogP contribution in [0.1, 0.15) is 1.43 Å². The molecule has 0 fully saturated rings. The topological polar surface area (TPSA) is 0 Å². The first kappa shape index (κ1) is 39.0. The summed E-state index contributed by atoms with van der Waals surface area (Å²) in [5, 5.41) is 29.2. The molecule has 0 N–H and O–H groups in total. The summed E-state index contributed by atoms with van der Waals surface area (Å²) in [6, 6.07) is 92.0. The Labute approximate surface area is 427 Å². The van der Waals surface area contributed by atoms with Crippen molar-refractivity contribution in [1.82, 2.24) is 0 Å². The highest BCUT2D eigenvalue weighted by molar-refractivity contribution is 6.51. The second-order valence-corrected chi connectivity index (χ2v) is 20.8. The largest absolute Gasteiger partial charge is 0.0622 e. The van der Waals surface area contributed by atoms with E-state index >= 15 is 0 Å². The second kappa shape index (κ2) is 14.1. The summed E-state index contributed by atoms with van der Waals surface area (Å²) >= 11 is 0. The van der Waals surface area contributed by atoms with E-state index in [2.05, 4.69) is 243 Å². The lowest BCUT2D eigenvalue weighted by Gasteiger charge is -2.22. The molecule has 0 unspecified atom stereocenters. The maximum Gasteiger partial charge on any atom is 0 e. The molecule has 17 aromatic carbocycles. The molecule has 0 saturated heterocycles. The van der Waals surface area contributed by atoms with Gasteiger partial charge in [-0.2, -0.15) is 0 Å². The molecule has 0 heterocycles. The van der Waals surface area contributed by atoms with Crippen molar-refractivity contribution in [3.05, 3.63) is 243 Å². The van der Waals surface area contributed by atoms with Crippen LogP contribution in [-0.2, 0) is 0 Å². The summed E-state index contributed by atoms with van der Waals surface area (Å²) in [4.78, 5) is 0. The van der Waals surface area contributed by atoms with Crippen LogP contribution in [-0.4, -0.2) is 0 Å². The number of benzene rings is 15. The molecular formula is C74H42. The average molecular weight is 932 g/mol. The number of rotatable bonds is 4. The van der Waals surface area contributed by atoms with Gasteiger partial charge in [-0.15, -0.1) is 0 Å². The summed E-state index contributed by atoms with van der Waals surface area (Å²) in [6.45, 7) is 0. The third-order valence-electron chi connectivity index (χ3n) is 17.4. The molecule has 338 valence electrons. The Hall–Kier alpha value is -9.62. The second-order valence-electron chi connectivity index (χ2n) is 20.8. The van der Waals surface area contributed by atoms with Gasteiger partial charge >= 0.3 is 0 Å². The van der Waals surface area contributed by atoms with Crippen LogP contribution < -0.4 is 0 Å². The standard InChI is InChI=1S/C74H40.H2/c1-4-17-41(18-5-1)46-25-12-14-27-48(46)67-61-40-45-24-11-10-23-44(45)39-60(61)63(43-21-8-3-9-22-43)72-57-36-32-51-52-31-35-56-69-59(38-34-54(65(52)69)53-33-37-58(73(67)72)68(57)64(51)53)74-70-50-28-15-13-26-47(50)49-29-16-30-55(66(49)70)62(71(56)74)42-19-6-2-7-20-42;/h1-40H;1H/i;1+1. The average Bonchev–Trinajstić information content (AvgIpc) is 4.12. The fourth-order valence-electron chi connectivity index (χ4n) is 14.6. The maximum absolute atomic E-state index is 2.48. The van der Waals surface area contributed by atoms with Crippen LogP contribution in [0.5, 0.6) is 0 Å². The number of hydrogen-bond donors (Lipinski definition) is 0. The van der Waals surface area contributed by atoms with Gasteiger partial charge in [0.25, 0.3) is 0 Å². The first-order valence-electron chi connectivity index (χ1n) is 26.0. The molecule has 0 aliphatic heterocycles. The van der Waals surface area contributed by atoms with Gasteiger partial charge in [0.1, 0.15) is 0 Å². The smallest absolute Gasteiger partial charge is 0 e. The Kier molecular flexibility index (Phi) is 7.43. The van der Waals surface area contributed by atoms with Crippen molar-refractivity contribution in [2.75, 3.05) is 0 Å². The minimum atomic E-state index is 0. The fraction of sp³-hybridized carbons (Fsp3) is 0. The molecule has 0 saturated carbocycles. The molecule has 0 nitrogen and oxygen atoms in total. The molecule has 0 bridgehead atoms. The molecule has 0 aromatic heterocycles. The van der Waals surface area contributed by atoms with Crippen LogP contribution in [0.2, 0.25) is 0 Å². The van der Waals surface area contributed by atoms with E-state index in [1.54, 1.807) is 0 Å². The molecule has 74 heavy (non-hydrogen) atoms. The lowest BCUT2D eigenvalue weighted by Crippen LogP contribution is -1.95. The summed E-state index contributed by atoms with van der Waals surface area (Å²) in [5.74, 6) is 0. The zero-order chi connectivity index (χ0) is 47.9. The molecule has 0 heteroatoms. The predicted molar refractivity (Wildman–Crippen MR) is 321 cm³/mol. The van der Waals surface area contributed by atoms with Gasteiger partial charge in [0.2, 0.25) is 0 Å². The highest BCUT2D eigenvalue weighted by atomic mass is 14.4. The molecule has 1 aliphatic carbocycles. The van der Waals surface area contributed by atoms with Crippen molar-refractivity contribution < 1.29 is 1.43 Å². The quantitative estimate of drug-likeness (QED) is 0.122. The van der Waals surface area contributed by atoms with Gasteiger partial charge in [-0.25, -0.2) is 0 Å². The van der Waals surface area contributed by atoms with E-state index < -0.39 is 0 Å². The number of fused-ring (bicyclic) bond motifs is 14. The van der Waals surface area contributed by atoms with Crippen molar-refractivity contribution in [3.8, 4) is 66.8 Å². The van der Waals surface area contributed by atoms with Gasteiger partial charge in [0.05, 0.1) is 0 Å². The van der Waals surface area contributed by atoms with E-state index in [0.717, 1.165) is 0 Å². The molecule has 17 aromatic rings. The maximum atomic E-state index is 2.48. The predicted octanol–water partition coefficient (Wildman–Crippen LogP) is 21.2. The Bertz CT molecular complexity index is 5250. The van der Waals surface area contributed by atoms with Crippen molar-refractivity contribution in [3.63, 3.8) is 0 Å². The van der Waals surface area contributed by atoms with Crippen molar-refractivity contribution in [2.24, 2.45) is 0 Å². The van der Waals surface area contributed by atoms with E-state index in [4.69, 9.17) is 0 Å². The highest BCUT2D eigenvalue weighted by Crippen LogP contribution is 2.62. The molecule has 0 spiro atoms. The van der Waals surface area contributed by atoms with Crippen LogP contribution in [0.15, 0.2) is 243 Å². The van der Waals surface area contributed by atoms with Gasteiger partial charge in [0.15, 0.2) is 0 Å². The van der Waals surface area contributed by atoms with Gasteiger partial charge in [-0.1, -0.05) is 231 Å². The third kappa shape index (κ3) is 4.80. The molecule has 18 rings (SSSR count).